The second-order valence-electron chi connectivity index (χ2n) is 3.93. The maximum absolute atomic E-state index is 12.2. The van der Waals surface area contributed by atoms with E-state index in [1.165, 1.54) is 18.2 Å². The van der Waals surface area contributed by atoms with Crippen LogP contribution in [0.5, 0.6) is 0 Å². The first-order chi connectivity index (χ1) is 8.70. The van der Waals surface area contributed by atoms with Crippen molar-refractivity contribution in [1.29, 1.82) is 5.26 Å². The van der Waals surface area contributed by atoms with Crippen LogP contribution < -0.4 is 0 Å². The highest BCUT2D eigenvalue weighted by molar-refractivity contribution is 5.28. The fraction of sp³-hybridized carbons (Fsp3) is 0.231. The molecule has 0 fully saturated rings. The van der Waals surface area contributed by atoms with E-state index in [9.17, 15) is 9.50 Å². The number of imidazole rings is 1. The molecule has 0 saturated carbocycles. The zero-order chi connectivity index (χ0) is 13.0. The largest absolute Gasteiger partial charge is 0.373 e. The lowest BCUT2D eigenvalue weighted by atomic mass is 10.2. The first kappa shape index (κ1) is 12.3. The zero-order valence-corrected chi connectivity index (χ0v) is 9.62. The number of hydrogen-bond acceptors (Lipinski definition) is 3. The van der Waals surface area contributed by atoms with Crippen molar-refractivity contribution < 1.29 is 9.50 Å². The number of nitrogens with zero attached hydrogens (tertiary/aromatic N) is 3. The van der Waals surface area contributed by atoms with Crippen molar-refractivity contribution in [3.63, 3.8) is 0 Å². The van der Waals surface area contributed by atoms with Gasteiger partial charge in [0.25, 0.3) is 0 Å². The smallest absolute Gasteiger partial charge is 0.132 e. The molecule has 0 amide bonds. The maximum Gasteiger partial charge on any atom is 0.132 e. The summed E-state index contributed by atoms with van der Waals surface area (Å²) in [5, 5.41) is 17.4. The molecule has 0 saturated heterocycles. The van der Waals surface area contributed by atoms with Gasteiger partial charge in [-0.3, -0.25) is 0 Å². The quantitative estimate of drug-likeness (QED) is 0.772. The molecule has 4 nitrogen and oxygen atoms in total. The molecule has 1 aromatic carbocycles. The van der Waals surface area contributed by atoms with E-state index in [0.717, 1.165) is 18.5 Å². The molecule has 1 aromatic heterocycles. The van der Waals surface area contributed by atoms with Crippen LogP contribution in [-0.4, -0.2) is 14.7 Å². The maximum atomic E-state index is 12.2. The van der Waals surface area contributed by atoms with E-state index < -0.39 is 0 Å². The number of rotatable bonds is 0. The predicted octanol–water partition coefficient (Wildman–Crippen LogP) is 2.02. The molecule has 0 aliphatic carbocycles. The van der Waals surface area contributed by atoms with Gasteiger partial charge in [-0.2, -0.15) is 5.26 Å². The van der Waals surface area contributed by atoms with Crippen LogP contribution in [0.4, 0.5) is 4.39 Å². The molecule has 1 aliphatic rings. The minimum absolute atomic E-state index is 0.317. The molecule has 1 unspecified atom stereocenters. The number of benzene rings is 1. The van der Waals surface area contributed by atoms with E-state index >= 15 is 0 Å². The molecule has 1 aliphatic heterocycles. The van der Waals surface area contributed by atoms with Crippen molar-refractivity contribution in [3.8, 4) is 6.07 Å². The lowest BCUT2D eigenvalue weighted by Crippen LogP contribution is -1.99. The molecule has 92 valence electrons. The summed E-state index contributed by atoms with van der Waals surface area (Å²) in [6.45, 7) is 0. The molecule has 18 heavy (non-hydrogen) atoms. The van der Waals surface area contributed by atoms with E-state index in [-0.39, 0.29) is 12.0 Å². The summed E-state index contributed by atoms with van der Waals surface area (Å²) >= 11 is 0. The van der Waals surface area contributed by atoms with Crippen LogP contribution in [0, 0.1) is 17.1 Å². The number of aliphatic hydroxyl groups is 1. The summed E-state index contributed by atoms with van der Waals surface area (Å²) in [6, 6.07) is 7.40. The van der Waals surface area contributed by atoms with E-state index in [4.69, 9.17) is 5.26 Å². The van der Waals surface area contributed by atoms with Crippen LogP contribution >= 0.6 is 0 Å². The molecule has 3 rings (SSSR count). The Bertz CT molecular complexity index is 574. The average molecular weight is 245 g/mol. The van der Waals surface area contributed by atoms with Crippen molar-refractivity contribution in [1.82, 2.24) is 9.55 Å². The molecule has 2 heterocycles. The minimum Gasteiger partial charge on any atom is -0.373 e. The minimum atomic E-state index is -0.367. The number of aromatic nitrogens is 2. The first-order valence-corrected chi connectivity index (χ1v) is 5.55. The molecular formula is C13H12FN3O. The van der Waals surface area contributed by atoms with Gasteiger partial charge in [-0.25, -0.2) is 9.37 Å². The highest BCUT2D eigenvalue weighted by Gasteiger charge is 2.17. The number of nitriles is 1. The normalized spacial score (nSPS) is 16.4. The van der Waals surface area contributed by atoms with Gasteiger partial charge in [-0.15, -0.1) is 0 Å². The molecule has 0 spiro atoms. The molecule has 1 N–H and O–H groups in total. The Kier molecular flexibility index (Phi) is 3.70. The Balaban J connectivity index is 0.000000134. The number of aliphatic hydroxyl groups excluding tert-OH is 1. The number of fused-ring (bicyclic) bond motifs is 1. The third kappa shape index (κ3) is 2.73. The summed E-state index contributed by atoms with van der Waals surface area (Å²) in [4.78, 5) is 3.90. The third-order valence-electron chi connectivity index (χ3n) is 2.68. The zero-order valence-electron chi connectivity index (χ0n) is 9.62. The van der Waals surface area contributed by atoms with Gasteiger partial charge in [0.1, 0.15) is 12.0 Å². The summed E-state index contributed by atoms with van der Waals surface area (Å²) in [7, 11) is 0. The van der Waals surface area contributed by atoms with Crippen LogP contribution in [0.15, 0.2) is 36.8 Å². The van der Waals surface area contributed by atoms with Crippen LogP contribution in [-0.2, 0) is 6.42 Å². The van der Waals surface area contributed by atoms with Crippen molar-refractivity contribution >= 4 is 0 Å². The van der Waals surface area contributed by atoms with Gasteiger partial charge in [0, 0.05) is 11.9 Å². The fourth-order valence-corrected chi connectivity index (χ4v) is 1.77. The second-order valence-corrected chi connectivity index (χ2v) is 3.93. The molecule has 0 radical (unpaired) electrons. The van der Waals surface area contributed by atoms with Gasteiger partial charge in [-0.05, 0) is 31.0 Å². The second kappa shape index (κ2) is 5.43. The number of aryl methyl sites for hydroxylation is 1. The Morgan fingerprint density at radius 2 is 2.33 bits per heavy atom. The van der Waals surface area contributed by atoms with Gasteiger partial charge < -0.3 is 9.67 Å². The molecule has 2 aromatic rings. The SMILES string of the molecule is N#Cc1cccc(F)c1.OC1CCc2cncn21. The Morgan fingerprint density at radius 3 is 2.94 bits per heavy atom. The van der Waals surface area contributed by atoms with Crippen molar-refractivity contribution in [2.24, 2.45) is 0 Å². The van der Waals surface area contributed by atoms with Crippen molar-refractivity contribution in [2.45, 2.75) is 19.1 Å². The fourth-order valence-electron chi connectivity index (χ4n) is 1.77. The molecule has 0 bridgehead atoms. The Hall–Kier alpha value is -2.19. The first-order valence-electron chi connectivity index (χ1n) is 5.55. The van der Waals surface area contributed by atoms with Crippen LogP contribution in [0.3, 0.4) is 0 Å². The average Bonchev–Trinajstić information content (AvgIpc) is 2.96. The predicted molar refractivity (Wildman–Crippen MR) is 62.9 cm³/mol. The number of halogens is 1. The Morgan fingerprint density at radius 1 is 1.50 bits per heavy atom. The van der Waals surface area contributed by atoms with E-state index in [2.05, 4.69) is 4.98 Å². The standard InChI is InChI=1S/C7H4FN.C6H8N2O/c8-7-3-1-2-6(4-7)5-9;9-6-2-1-5-3-7-4-8(5)6/h1-4H;3-4,6,9H,1-2H2. The van der Waals surface area contributed by atoms with Gasteiger partial charge >= 0.3 is 0 Å². The topological polar surface area (TPSA) is 61.8 Å². The summed E-state index contributed by atoms with van der Waals surface area (Å²) in [6.07, 6.45) is 4.96. The van der Waals surface area contributed by atoms with Crippen molar-refractivity contribution in [3.05, 3.63) is 53.9 Å². The monoisotopic (exact) mass is 245 g/mol. The molecule has 1 atom stereocenters. The van der Waals surface area contributed by atoms with E-state index in [1.807, 2.05) is 6.07 Å². The summed E-state index contributed by atoms with van der Waals surface area (Å²) in [5.74, 6) is -0.367. The van der Waals surface area contributed by atoms with Crippen LogP contribution in [0.25, 0.3) is 0 Å². The molecular weight excluding hydrogens is 233 g/mol. The van der Waals surface area contributed by atoms with Gasteiger partial charge in [-0.1, -0.05) is 6.07 Å². The third-order valence-corrected chi connectivity index (χ3v) is 2.68. The highest BCUT2D eigenvalue weighted by Crippen LogP contribution is 2.21. The van der Waals surface area contributed by atoms with Gasteiger partial charge in [0.15, 0.2) is 0 Å². The summed E-state index contributed by atoms with van der Waals surface area (Å²) < 4.78 is 14.0. The number of hydrogen-bond donors (Lipinski definition) is 1. The van der Waals surface area contributed by atoms with Gasteiger partial charge in [0.05, 0.1) is 18.0 Å². The van der Waals surface area contributed by atoms with E-state index in [0.29, 0.717) is 5.56 Å². The van der Waals surface area contributed by atoms with Crippen molar-refractivity contribution in [2.75, 3.05) is 0 Å². The van der Waals surface area contributed by atoms with Crippen LogP contribution in [0.2, 0.25) is 0 Å². The Labute approximate surface area is 104 Å². The lowest BCUT2D eigenvalue weighted by Gasteiger charge is -2.01. The highest BCUT2D eigenvalue weighted by atomic mass is 19.1. The van der Waals surface area contributed by atoms with E-state index in [1.54, 1.807) is 23.2 Å². The van der Waals surface area contributed by atoms with Crippen LogP contribution in [0.1, 0.15) is 23.9 Å². The van der Waals surface area contributed by atoms with Gasteiger partial charge in [0.2, 0.25) is 0 Å². The summed E-state index contributed by atoms with van der Waals surface area (Å²) in [5.41, 5.74) is 1.50. The molecule has 5 heteroatoms. The lowest BCUT2D eigenvalue weighted by molar-refractivity contribution is 0.113.